The number of sulfonamides is 1. The van der Waals surface area contributed by atoms with Gasteiger partial charge >= 0.3 is 0 Å². The molecule has 0 spiro atoms. The molecule has 140 valence electrons. The van der Waals surface area contributed by atoms with E-state index in [0.29, 0.717) is 43.4 Å². The maximum absolute atomic E-state index is 12.7. The molecule has 1 aromatic heterocycles. The molecule has 9 heteroatoms. The first-order valence-corrected chi connectivity index (χ1v) is 9.71. The first-order chi connectivity index (χ1) is 12.4. The molecule has 2 heterocycles. The molecule has 0 unspecified atom stereocenters. The molecule has 1 aliphatic heterocycles. The van der Waals surface area contributed by atoms with Gasteiger partial charge in [-0.1, -0.05) is 11.2 Å². The van der Waals surface area contributed by atoms with Crippen molar-refractivity contribution >= 4 is 21.6 Å². The zero-order chi connectivity index (χ0) is 18.7. The molecule has 1 saturated heterocycles. The number of hydrogen-bond acceptors (Lipinski definition) is 6. The van der Waals surface area contributed by atoms with Crippen LogP contribution in [0.1, 0.15) is 17.0 Å². The minimum atomic E-state index is -3.61. The summed E-state index contributed by atoms with van der Waals surface area (Å²) >= 11 is 0. The van der Waals surface area contributed by atoms with Gasteiger partial charge in [-0.15, -0.1) is 0 Å². The number of benzene rings is 1. The number of aryl methyl sites for hydroxylation is 2. The summed E-state index contributed by atoms with van der Waals surface area (Å²) in [6.45, 7) is 4.93. The minimum Gasteiger partial charge on any atom is -0.379 e. The van der Waals surface area contributed by atoms with Crippen LogP contribution in [0.4, 0.5) is 5.69 Å². The van der Waals surface area contributed by atoms with Crippen molar-refractivity contribution in [1.29, 1.82) is 0 Å². The van der Waals surface area contributed by atoms with E-state index in [-0.39, 0.29) is 17.2 Å². The molecular formula is C17H21N3O5S. The van der Waals surface area contributed by atoms with Crippen molar-refractivity contribution in [2.24, 2.45) is 0 Å². The number of nitrogens with one attached hydrogen (secondary N) is 1. The maximum atomic E-state index is 12.7. The van der Waals surface area contributed by atoms with Gasteiger partial charge in [-0.25, -0.2) is 8.42 Å². The number of aromatic nitrogens is 1. The van der Waals surface area contributed by atoms with E-state index in [1.165, 1.54) is 16.4 Å². The molecule has 0 saturated carbocycles. The zero-order valence-electron chi connectivity index (χ0n) is 14.7. The lowest BCUT2D eigenvalue weighted by Crippen LogP contribution is -2.40. The molecule has 0 aliphatic carbocycles. The Balaban J connectivity index is 1.74. The van der Waals surface area contributed by atoms with E-state index in [2.05, 4.69) is 10.5 Å². The Labute approximate surface area is 152 Å². The Kier molecular flexibility index (Phi) is 5.40. The number of amides is 1. The van der Waals surface area contributed by atoms with E-state index in [1.807, 2.05) is 0 Å². The number of carbonyl (C=O) groups excluding carboxylic acids is 1. The summed E-state index contributed by atoms with van der Waals surface area (Å²) in [7, 11) is -3.61. The van der Waals surface area contributed by atoms with Gasteiger partial charge in [0, 0.05) is 24.3 Å². The number of ether oxygens (including phenoxy) is 1. The van der Waals surface area contributed by atoms with Crippen molar-refractivity contribution in [1.82, 2.24) is 9.46 Å². The number of rotatable bonds is 5. The third kappa shape index (κ3) is 3.95. The minimum absolute atomic E-state index is 0.113. The molecule has 0 bridgehead atoms. The first kappa shape index (κ1) is 18.6. The van der Waals surface area contributed by atoms with Gasteiger partial charge in [0.1, 0.15) is 5.76 Å². The van der Waals surface area contributed by atoms with Crippen molar-refractivity contribution in [3.8, 4) is 0 Å². The third-order valence-corrected chi connectivity index (χ3v) is 6.14. The SMILES string of the molecule is Cc1noc(C)c1CC(=O)Nc1cccc(S(=O)(=O)N2CCOCC2)c1. The van der Waals surface area contributed by atoms with Crippen molar-refractivity contribution in [2.75, 3.05) is 31.6 Å². The van der Waals surface area contributed by atoms with Crippen molar-refractivity contribution < 1.29 is 22.5 Å². The Morgan fingerprint density at radius 1 is 1.27 bits per heavy atom. The third-order valence-electron chi connectivity index (χ3n) is 4.24. The van der Waals surface area contributed by atoms with Gasteiger partial charge in [0.2, 0.25) is 15.9 Å². The normalized spacial score (nSPS) is 15.8. The Bertz CT molecular complexity index is 881. The van der Waals surface area contributed by atoms with Gasteiger partial charge in [0.05, 0.1) is 30.2 Å². The molecule has 3 rings (SSSR count). The van der Waals surface area contributed by atoms with Crippen LogP contribution in [0.2, 0.25) is 0 Å². The van der Waals surface area contributed by atoms with Gasteiger partial charge in [0.15, 0.2) is 0 Å². The molecule has 1 fully saturated rings. The second-order valence-electron chi connectivity index (χ2n) is 6.07. The summed E-state index contributed by atoms with van der Waals surface area (Å²) in [5.74, 6) is 0.335. The van der Waals surface area contributed by atoms with Crippen LogP contribution in [0, 0.1) is 13.8 Å². The highest BCUT2D eigenvalue weighted by atomic mass is 32.2. The average molecular weight is 379 g/mol. The van der Waals surface area contributed by atoms with E-state index < -0.39 is 10.0 Å². The summed E-state index contributed by atoms with van der Waals surface area (Å²) in [6.07, 6.45) is 0.113. The molecule has 1 aliphatic rings. The topological polar surface area (TPSA) is 102 Å². The largest absolute Gasteiger partial charge is 0.379 e. The second-order valence-corrected chi connectivity index (χ2v) is 8.01. The van der Waals surface area contributed by atoms with Crippen LogP contribution in [-0.4, -0.2) is 50.1 Å². The van der Waals surface area contributed by atoms with Gasteiger partial charge in [-0.2, -0.15) is 4.31 Å². The summed E-state index contributed by atoms with van der Waals surface area (Å²) in [5.41, 5.74) is 1.83. The highest BCUT2D eigenvalue weighted by molar-refractivity contribution is 7.89. The van der Waals surface area contributed by atoms with Crippen LogP contribution in [0.3, 0.4) is 0 Å². The predicted molar refractivity (Wildman–Crippen MR) is 94.3 cm³/mol. The lowest BCUT2D eigenvalue weighted by Gasteiger charge is -2.26. The lowest BCUT2D eigenvalue weighted by atomic mass is 10.1. The van der Waals surface area contributed by atoms with Crippen LogP contribution >= 0.6 is 0 Å². The fraction of sp³-hybridized carbons (Fsp3) is 0.412. The van der Waals surface area contributed by atoms with Crippen molar-refractivity contribution in [2.45, 2.75) is 25.2 Å². The molecule has 26 heavy (non-hydrogen) atoms. The summed E-state index contributed by atoms with van der Waals surface area (Å²) in [5, 5.41) is 6.56. The quantitative estimate of drug-likeness (QED) is 0.845. The molecule has 1 N–H and O–H groups in total. The van der Waals surface area contributed by atoms with Crippen molar-refractivity contribution in [3.63, 3.8) is 0 Å². The van der Waals surface area contributed by atoms with Gasteiger partial charge in [-0.3, -0.25) is 4.79 Å². The zero-order valence-corrected chi connectivity index (χ0v) is 15.5. The molecular weight excluding hydrogens is 358 g/mol. The molecule has 1 amide bonds. The number of anilines is 1. The monoisotopic (exact) mass is 379 g/mol. The number of carbonyl (C=O) groups is 1. The van der Waals surface area contributed by atoms with Crippen LogP contribution in [0.5, 0.6) is 0 Å². The fourth-order valence-corrected chi connectivity index (χ4v) is 4.24. The Morgan fingerprint density at radius 3 is 2.65 bits per heavy atom. The first-order valence-electron chi connectivity index (χ1n) is 8.27. The smallest absolute Gasteiger partial charge is 0.243 e. The molecule has 1 aromatic carbocycles. The van der Waals surface area contributed by atoms with E-state index in [1.54, 1.807) is 26.0 Å². The highest BCUT2D eigenvalue weighted by Gasteiger charge is 2.26. The molecule has 2 aromatic rings. The molecule has 8 nitrogen and oxygen atoms in total. The van der Waals surface area contributed by atoms with Crippen molar-refractivity contribution in [3.05, 3.63) is 41.3 Å². The lowest BCUT2D eigenvalue weighted by molar-refractivity contribution is -0.115. The number of hydrogen-bond donors (Lipinski definition) is 1. The summed E-state index contributed by atoms with van der Waals surface area (Å²) in [4.78, 5) is 12.4. The van der Waals surface area contributed by atoms with Crippen LogP contribution in [0.25, 0.3) is 0 Å². The second kappa shape index (κ2) is 7.56. The number of morpholine rings is 1. The predicted octanol–water partition coefficient (Wildman–Crippen LogP) is 1.49. The van der Waals surface area contributed by atoms with Crippen LogP contribution < -0.4 is 5.32 Å². The Hall–Kier alpha value is -2.23. The average Bonchev–Trinajstić information content (AvgIpc) is 2.94. The van der Waals surface area contributed by atoms with E-state index in [9.17, 15) is 13.2 Å². The Morgan fingerprint density at radius 2 is 2.00 bits per heavy atom. The van der Waals surface area contributed by atoms with E-state index in [0.717, 1.165) is 5.56 Å². The highest BCUT2D eigenvalue weighted by Crippen LogP contribution is 2.21. The summed E-state index contributed by atoms with van der Waals surface area (Å²) in [6, 6.07) is 6.26. The number of nitrogens with zero attached hydrogens (tertiary/aromatic N) is 2. The van der Waals surface area contributed by atoms with Crippen LogP contribution in [-0.2, 0) is 26.0 Å². The molecule has 0 radical (unpaired) electrons. The van der Waals surface area contributed by atoms with Gasteiger partial charge in [-0.05, 0) is 32.0 Å². The fourth-order valence-electron chi connectivity index (χ4n) is 2.79. The summed E-state index contributed by atoms with van der Waals surface area (Å²) < 4.78 is 37.1. The maximum Gasteiger partial charge on any atom is 0.243 e. The standard InChI is InChI=1S/C17H21N3O5S/c1-12-16(13(2)25-19-12)11-17(21)18-14-4-3-5-15(10-14)26(22,23)20-6-8-24-9-7-20/h3-5,10H,6-9,11H2,1-2H3,(H,18,21). The van der Waals surface area contributed by atoms with Crippen LogP contribution in [0.15, 0.2) is 33.7 Å². The van der Waals surface area contributed by atoms with E-state index in [4.69, 9.17) is 9.26 Å². The van der Waals surface area contributed by atoms with Gasteiger partial charge < -0.3 is 14.6 Å². The van der Waals surface area contributed by atoms with E-state index >= 15 is 0 Å². The molecule has 0 atom stereocenters. The van der Waals surface area contributed by atoms with Gasteiger partial charge in [0.25, 0.3) is 0 Å².